The fourth-order valence-electron chi connectivity index (χ4n) is 1.26. The van der Waals surface area contributed by atoms with Crippen LogP contribution in [0.4, 0.5) is 0 Å². The molecule has 0 rings (SSSR count). The lowest BCUT2D eigenvalue weighted by molar-refractivity contribution is 0.374. The summed E-state index contributed by atoms with van der Waals surface area (Å²) >= 11 is 0. The van der Waals surface area contributed by atoms with Crippen LogP contribution in [0.15, 0.2) is 0 Å². The lowest BCUT2D eigenvalue weighted by Gasteiger charge is -2.19. The first kappa shape index (κ1) is 15.8. The maximum atomic E-state index is 11.4. The van der Waals surface area contributed by atoms with Crippen molar-refractivity contribution in [2.24, 2.45) is 17.6 Å². The van der Waals surface area contributed by atoms with E-state index in [1.165, 1.54) is 4.31 Å². The van der Waals surface area contributed by atoms with Crippen LogP contribution < -0.4 is 11.1 Å². The number of hydrogen-bond donors (Lipinski definition) is 2. The van der Waals surface area contributed by atoms with Crippen molar-refractivity contribution in [1.29, 1.82) is 0 Å². The van der Waals surface area contributed by atoms with Crippen LogP contribution in [0.3, 0.4) is 0 Å². The Morgan fingerprint density at radius 1 is 1.31 bits per heavy atom. The Labute approximate surface area is 99.4 Å². The summed E-state index contributed by atoms with van der Waals surface area (Å²) < 4.78 is 24.1. The summed E-state index contributed by atoms with van der Waals surface area (Å²) in [7, 11) is 0.0120. The minimum atomic E-state index is -3.08. The number of hydrogen-bond acceptors (Lipinski definition) is 4. The molecule has 0 saturated heterocycles. The molecule has 0 saturated carbocycles. The van der Waals surface area contributed by atoms with E-state index >= 15 is 0 Å². The fourth-order valence-corrected chi connectivity index (χ4v) is 2.03. The van der Waals surface area contributed by atoms with Crippen LogP contribution in [0.1, 0.15) is 13.8 Å². The van der Waals surface area contributed by atoms with E-state index < -0.39 is 10.0 Å². The van der Waals surface area contributed by atoms with Gasteiger partial charge in [-0.2, -0.15) is 0 Å². The SMILES string of the molecule is CC(C)C(CN)CNCCS(=O)(=O)N(C)C. The fraction of sp³-hybridized carbons (Fsp3) is 1.00. The van der Waals surface area contributed by atoms with Crippen LogP contribution in [0.25, 0.3) is 0 Å². The van der Waals surface area contributed by atoms with Gasteiger partial charge in [-0.1, -0.05) is 13.8 Å². The van der Waals surface area contributed by atoms with Gasteiger partial charge in [0, 0.05) is 20.6 Å². The van der Waals surface area contributed by atoms with E-state index in [0.717, 1.165) is 6.54 Å². The molecule has 0 spiro atoms. The van der Waals surface area contributed by atoms with Gasteiger partial charge in [-0.3, -0.25) is 0 Å². The molecule has 0 heterocycles. The van der Waals surface area contributed by atoms with E-state index in [2.05, 4.69) is 19.2 Å². The number of nitrogens with zero attached hydrogens (tertiary/aromatic N) is 1. The molecule has 0 aliphatic rings. The van der Waals surface area contributed by atoms with Gasteiger partial charge in [-0.25, -0.2) is 12.7 Å². The lowest BCUT2D eigenvalue weighted by atomic mass is 9.96. The van der Waals surface area contributed by atoms with Crippen molar-refractivity contribution in [1.82, 2.24) is 9.62 Å². The van der Waals surface area contributed by atoms with Gasteiger partial charge in [-0.05, 0) is 24.9 Å². The Morgan fingerprint density at radius 2 is 1.88 bits per heavy atom. The Hall–Kier alpha value is -0.170. The molecular weight excluding hydrogens is 226 g/mol. The average Bonchev–Trinajstić information content (AvgIpc) is 2.16. The molecule has 5 nitrogen and oxygen atoms in total. The molecule has 0 fully saturated rings. The van der Waals surface area contributed by atoms with Crippen molar-refractivity contribution in [2.75, 3.05) is 39.5 Å². The summed E-state index contributed by atoms with van der Waals surface area (Å²) in [6, 6.07) is 0. The third kappa shape index (κ3) is 5.79. The summed E-state index contributed by atoms with van der Waals surface area (Å²) in [4.78, 5) is 0. The van der Waals surface area contributed by atoms with Crippen molar-refractivity contribution in [2.45, 2.75) is 13.8 Å². The molecule has 6 heteroatoms. The molecule has 0 bridgehead atoms. The van der Waals surface area contributed by atoms with Gasteiger partial charge in [0.2, 0.25) is 10.0 Å². The smallest absolute Gasteiger partial charge is 0.214 e. The Morgan fingerprint density at radius 3 is 2.25 bits per heavy atom. The third-order valence-electron chi connectivity index (χ3n) is 2.75. The van der Waals surface area contributed by atoms with Crippen molar-refractivity contribution in [3.63, 3.8) is 0 Å². The molecular formula is C10H25N3O2S. The minimum absolute atomic E-state index is 0.134. The lowest BCUT2D eigenvalue weighted by Crippen LogP contribution is -2.36. The molecule has 16 heavy (non-hydrogen) atoms. The number of nitrogens with two attached hydrogens (primary N) is 1. The molecule has 0 aromatic rings. The Balaban J connectivity index is 3.84. The van der Waals surface area contributed by atoms with Gasteiger partial charge in [0.25, 0.3) is 0 Å². The first-order valence-electron chi connectivity index (χ1n) is 5.62. The summed E-state index contributed by atoms with van der Waals surface area (Å²) in [5, 5.41) is 3.14. The van der Waals surface area contributed by atoms with Crippen molar-refractivity contribution >= 4 is 10.0 Å². The molecule has 0 amide bonds. The highest BCUT2D eigenvalue weighted by Crippen LogP contribution is 2.07. The van der Waals surface area contributed by atoms with Crippen molar-refractivity contribution < 1.29 is 8.42 Å². The van der Waals surface area contributed by atoms with E-state index in [1.54, 1.807) is 14.1 Å². The van der Waals surface area contributed by atoms with Crippen LogP contribution >= 0.6 is 0 Å². The zero-order valence-corrected chi connectivity index (χ0v) is 11.5. The van der Waals surface area contributed by atoms with Crippen molar-refractivity contribution in [3.8, 4) is 0 Å². The van der Waals surface area contributed by atoms with Crippen LogP contribution in [0, 0.1) is 11.8 Å². The normalized spacial score (nSPS) is 14.7. The van der Waals surface area contributed by atoms with Crippen LogP contribution in [0.2, 0.25) is 0 Å². The highest BCUT2D eigenvalue weighted by atomic mass is 32.2. The number of sulfonamides is 1. The van der Waals surface area contributed by atoms with Crippen LogP contribution in [-0.4, -0.2) is 52.2 Å². The maximum absolute atomic E-state index is 11.4. The second-order valence-electron chi connectivity index (χ2n) is 4.54. The first-order chi connectivity index (χ1) is 7.31. The maximum Gasteiger partial charge on any atom is 0.214 e. The molecule has 98 valence electrons. The van der Waals surface area contributed by atoms with Gasteiger partial charge in [0.05, 0.1) is 5.75 Å². The zero-order chi connectivity index (χ0) is 12.8. The summed E-state index contributed by atoms with van der Waals surface area (Å²) in [5.41, 5.74) is 5.62. The predicted octanol–water partition coefficient (Wildman–Crippen LogP) is -0.302. The standard InChI is InChI=1S/C10H25N3O2S/c1-9(2)10(7-11)8-12-5-6-16(14,15)13(3)4/h9-10,12H,5-8,11H2,1-4H3. The Kier molecular flexibility index (Phi) is 7.14. The predicted molar refractivity (Wildman–Crippen MR) is 67.7 cm³/mol. The average molecular weight is 251 g/mol. The quantitative estimate of drug-likeness (QED) is 0.581. The highest BCUT2D eigenvalue weighted by Gasteiger charge is 2.14. The van der Waals surface area contributed by atoms with Gasteiger partial charge >= 0.3 is 0 Å². The molecule has 3 N–H and O–H groups in total. The second-order valence-corrected chi connectivity index (χ2v) is 6.84. The number of nitrogens with one attached hydrogen (secondary N) is 1. The summed E-state index contributed by atoms with van der Waals surface area (Å²) in [6.45, 7) is 6.12. The molecule has 0 aliphatic heterocycles. The molecule has 0 radical (unpaired) electrons. The zero-order valence-electron chi connectivity index (χ0n) is 10.7. The van der Waals surface area contributed by atoms with Gasteiger partial charge < -0.3 is 11.1 Å². The molecule has 1 atom stereocenters. The Bertz CT molecular complexity index is 276. The molecule has 0 aliphatic carbocycles. The largest absolute Gasteiger partial charge is 0.330 e. The van der Waals surface area contributed by atoms with E-state index in [0.29, 0.717) is 24.9 Å². The van der Waals surface area contributed by atoms with E-state index in [9.17, 15) is 8.42 Å². The van der Waals surface area contributed by atoms with E-state index in [4.69, 9.17) is 5.73 Å². The van der Waals surface area contributed by atoms with E-state index in [1.807, 2.05) is 0 Å². The monoisotopic (exact) mass is 251 g/mol. The second kappa shape index (κ2) is 7.21. The summed E-state index contributed by atoms with van der Waals surface area (Å²) in [5.74, 6) is 1.06. The summed E-state index contributed by atoms with van der Waals surface area (Å²) in [6.07, 6.45) is 0. The first-order valence-corrected chi connectivity index (χ1v) is 7.23. The topological polar surface area (TPSA) is 75.4 Å². The van der Waals surface area contributed by atoms with Crippen molar-refractivity contribution in [3.05, 3.63) is 0 Å². The molecule has 0 aromatic heterocycles. The third-order valence-corrected chi connectivity index (χ3v) is 4.58. The van der Waals surface area contributed by atoms with Crippen LogP contribution in [0.5, 0.6) is 0 Å². The number of rotatable bonds is 8. The van der Waals surface area contributed by atoms with Crippen LogP contribution in [-0.2, 0) is 10.0 Å². The van der Waals surface area contributed by atoms with Gasteiger partial charge in [-0.15, -0.1) is 0 Å². The minimum Gasteiger partial charge on any atom is -0.330 e. The highest BCUT2D eigenvalue weighted by molar-refractivity contribution is 7.89. The van der Waals surface area contributed by atoms with E-state index in [-0.39, 0.29) is 5.75 Å². The molecule has 0 aromatic carbocycles. The van der Waals surface area contributed by atoms with Gasteiger partial charge in [0.1, 0.15) is 0 Å². The molecule has 1 unspecified atom stereocenters. The van der Waals surface area contributed by atoms with Gasteiger partial charge in [0.15, 0.2) is 0 Å².